The smallest absolute Gasteiger partial charge is 0.334 e. The molecule has 0 amide bonds. The molecule has 2 rings (SSSR count). The average Bonchev–Trinajstić information content (AvgIpc) is 2.55. The Balaban J connectivity index is 1.93. The molecule has 0 spiro atoms. The number of fused-ring (bicyclic) bond motifs is 1. The van der Waals surface area contributed by atoms with Gasteiger partial charge in [0.2, 0.25) is 0 Å². The van der Waals surface area contributed by atoms with Gasteiger partial charge < -0.3 is 14.2 Å². The number of carbonyl (C=O) groups excluding carboxylic acids is 2. The molecule has 1 heterocycles. The van der Waals surface area contributed by atoms with Crippen molar-refractivity contribution in [3.63, 3.8) is 0 Å². The van der Waals surface area contributed by atoms with E-state index < -0.39 is 6.10 Å². The molecule has 0 aromatic carbocycles. The van der Waals surface area contributed by atoms with Gasteiger partial charge in [0.15, 0.2) is 6.10 Å². The van der Waals surface area contributed by atoms with Crippen LogP contribution in [0.5, 0.6) is 0 Å². The molecule has 5 heteroatoms. The van der Waals surface area contributed by atoms with Crippen LogP contribution in [0, 0.1) is 11.8 Å². The van der Waals surface area contributed by atoms with E-state index in [0.29, 0.717) is 12.3 Å². The summed E-state index contributed by atoms with van der Waals surface area (Å²) in [6.07, 6.45) is 0.761. The second-order valence-corrected chi connectivity index (χ2v) is 3.97. The van der Waals surface area contributed by atoms with E-state index >= 15 is 0 Å². The first-order chi connectivity index (χ1) is 7.17. The van der Waals surface area contributed by atoms with Crippen LogP contribution < -0.4 is 0 Å². The first-order valence-corrected chi connectivity index (χ1v) is 4.98. The lowest BCUT2D eigenvalue weighted by molar-refractivity contribution is -0.167. The van der Waals surface area contributed by atoms with E-state index in [1.54, 1.807) is 0 Å². The van der Waals surface area contributed by atoms with Gasteiger partial charge in [0.1, 0.15) is 0 Å². The predicted octanol–water partition coefficient (Wildman–Crippen LogP) is 0.126. The summed E-state index contributed by atoms with van der Waals surface area (Å²) >= 11 is 0. The highest BCUT2D eigenvalue weighted by Gasteiger charge is 2.54. The van der Waals surface area contributed by atoms with E-state index in [1.807, 2.05) is 0 Å². The molecule has 2 fully saturated rings. The summed E-state index contributed by atoms with van der Waals surface area (Å²) in [5, 5.41) is 0. The molecule has 0 N–H and O–H groups in total. The van der Waals surface area contributed by atoms with Gasteiger partial charge >= 0.3 is 11.9 Å². The Morgan fingerprint density at radius 1 is 1.13 bits per heavy atom. The van der Waals surface area contributed by atoms with Crippen LogP contribution in [0.1, 0.15) is 12.8 Å². The standard InChI is InChI=1S/C10H14O5/c1-13-9(11)6-3-5-4-7(10(12)14-2)15-8(5)6/h5-8H,3-4H2,1-2H3/t5?,6?,7?,8-/m1/s1. The van der Waals surface area contributed by atoms with Gasteiger partial charge in [-0.25, -0.2) is 4.79 Å². The van der Waals surface area contributed by atoms with E-state index in [-0.39, 0.29) is 24.0 Å². The van der Waals surface area contributed by atoms with Crippen LogP contribution in [0.3, 0.4) is 0 Å². The van der Waals surface area contributed by atoms with Crippen LogP contribution in [0.25, 0.3) is 0 Å². The molecule has 1 saturated carbocycles. The number of carbonyl (C=O) groups is 2. The minimum Gasteiger partial charge on any atom is -0.469 e. The second kappa shape index (κ2) is 3.81. The SMILES string of the molecule is COC(=O)C1CC2CC(C(=O)OC)[C@@H]2O1. The van der Waals surface area contributed by atoms with Gasteiger partial charge in [-0.05, 0) is 18.8 Å². The number of rotatable bonds is 2. The maximum absolute atomic E-state index is 11.3. The number of hydrogen-bond donors (Lipinski definition) is 0. The van der Waals surface area contributed by atoms with Crippen molar-refractivity contribution in [1.82, 2.24) is 0 Å². The van der Waals surface area contributed by atoms with E-state index in [1.165, 1.54) is 14.2 Å². The van der Waals surface area contributed by atoms with E-state index in [9.17, 15) is 9.59 Å². The molecular formula is C10H14O5. The third kappa shape index (κ3) is 1.61. The Labute approximate surface area is 87.7 Å². The summed E-state index contributed by atoms with van der Waals surface area (Å²) < 4.78 is 14.7. The zero-order valence-corrected chi connectivity index (χ0v) is 8.76. The molecule has 1 aliphatic carbocycles. The largest absolute Gasteiger partial charge is 0.469 e. The molecule has 0 bridgehead atoms. The summed E-state index contributed by atoms with van der Waals surface area (Å²) in [4.78, 5) is 22.5. The summed E-state index contributed by atoms with van der Waals surface area (Å²) in [5.74, 6) is -0.498. The molecule has 2 aliphatic rings. The van der Waals surface area contributed by atoms with Crippen LogP contribution in [0.4, 0.5) is 0 Å². The highest BCUT2D eigenvalue weighted by atomic mass is 16.6. The Morgan fingerprint density at radius 2 is 1.80 bits per heavy atom. The number of esters is 2. The number of hydrogen-bond acceptors (Lipinski definition) is 5. The molecule has 4 atom stereocenters. The lowest BCUT2D eigenvalue weighted by atomic mass is 9.71. The molecule has 1 saturated heterocycles. The lowest BCUT2D eigenvalue weighted by Gasteiger charge is -2.36. The minimum absolute atomic E-state index is 0.151. The second-order valence-electron chi connectivity index (χ2n) is 3.97. The van der Waals surface area contributed by atoms with Gasteiger partial charge in [-0.15, -0.1) is 0 Å². The lowest BCUT2D eigenvalue weighted by Crippen LogP contribution is -2.44. The first-order valence-electron chi connectivity index (χ1n) is 4.98. The van der Waals surface area contributed by atoms with Gasteiger partial charge in [-0.1, -0.05) is 0 Å². The molecule has 5 nitrogen and oxygen atoms in total. The molecule has 0 aromatic rings. The topological polar surface area (TPSA) is 61.8 Å². The zero-order valence-electron chi connectivity index (χ0n) is 8.76. The Morgan fingerprint density at radius 3 is 2.40 bits per heavy atom. The normalized spacial score (nSPS) is 37.7. The van der Waals surface area contributed by atoms with Crippen molar-refractivity contribution in [2.45, 2.75) is 25.0 Å². The maximum atomic E-state index is 11.3. The zero-order chi connectivity index (χ0) is 11.0. The summed E-state index contributed by atoms with van der Waals surface area (Å²) in [6.45, 7) is 0. The van der Waals surface area contributed by atoms with Crippen LogP contribution in [0.2, 0.25) is 0 Å². The fraction of sp³-hybridized carbons (Fsp3) is 0.800. The fourth-order valence-electron chi connectivity index (χ4n) is 2.35. The number of methoxy groups -OCH3 is 2. The van der Waals surface area contributed by atoms with Crippen molar-refractivity contribution in [3.8, 4) is 0 Å². The van der Waals surface area contributed by atoms with Crippen molar-refractivity contribution >= 4 is 11.9 Å². The molecule has 84 valence electrons. The van der Waals surface area contributed by atoms with Gasteiger partial charge in [0.05, 0.1) is 26.2 Å². The fourth-order valence-corrected chi connectivity index (χ4v) is 2.35. The van der Waals surface area contributed by atoms with Crippen molar-refractivity contribution in [2.24, 2.45) is 11.8 Å². The quantitative estimate of drug-likeness (QED) is 0.611. The van der Waals surface area contributed by atoms with Gasteiger partial charge in [0.25, 0.3) is 0 Å². The monoisotopic (exact) mass is 214 g/mol. The van der Waals surface area contributed by atoms with Crippen LogP contribution in [0.15, 0.2) is 0 Å². The molecule has 0 aromatic heterocycles. The average molecular weight is 214 g/mol. The molecule has 0 radical (unpaired) electrons. The highest BCUT2D eigenvalue weighted by Crippen LogP contribution is 2.46. The Kier molecular flexibility index (Phi) is 2.65. The van der Waals surface area contributed by atoms with Crippen LogP contribution >= 0.6 is 0 Å². The van der Waals surface area contributed by atoms with E-state index in [4.69, 9.17) is 4.74 Å². The van der Waals surface area contributed by atoms with Gasteiger partial charge in [-0.3, -0.25) is 4.79 Å². The molecule has 3 unspecified atom stereocenters. The third-order valence-corrected chi connectivity index (χ3v) is 3.22. The van der Waals surface area contributed by atoms with Crippen LogP contribution in [-0.4, -0.2) is 38.4 Å². The predicted molar refractivity (Wildman–Crippen MR) is 48.9 cm³/mol. The van der Waals surface area contributed by atoms with Gasteiger partial charge in [0, 0.05) is 0 Å². The highest BCUT2D eigenvalue weighted by molar-refractivity contribution is 5.77. The van der Waals surface area contributed by atoms with Gasteiger partial charge in [-0.2, -0.15) is 0 Å². The Bertz CT molecular complexity index is 274. The van der Waals surface area contributed by atoms with Crippen molar-refractivity contribution in [2.75, 3.05) is 14.2 Å². The minimum atomic E-state index is -0.500. The molecule has 15 heavy (non-hydrogen) atoms. The third-order valence-electron chi connectivity index (χ3n) is 3.22. The van der Waals surface area contributed by atoms with Crippen molar-refractivity contribution in [1.29, 1.82) is 0 Å². The van der Waals surface area contributed by atoms with Crippen molar-refractivity contribution in [3.05, 3.63) is 0 Å². The number of ether oxygens (including phenoxy) is 3. The van der Waals surface area contributed by atoms with E-state index in [0.717, 1.165) is 6.42 Å². The summed E-state index contributed by atoms with van der Waals surface area (Å²) in [5.41, 5.74) is 0. The maximum Gasteiger partial charge on any atom is 0.334 e. The molecule has 1 aliphatic heterocycles. The van der Waals surface area contributed by atoms with Crippen molar-refractivity contribution < 1.29 is 23.8 Å². The van der Waals surface area contributed by atoms with Crippen LogP contribution in [-0.2, 0) is 23.8 Å². The van der Waals surface area contributed by atoms with E-state index in [2.05, 4.69) is 9.47 Å². The summed E-state index contributed by atoms with van der Waals surface area (Å²) in [6, 6.07) is 0. The molecular weight excluding hydrogens is 200 g/mol. The summed E-state index contributed by atoms with van der Waals surface area (Å²) in [7, 11) is 2.70. The Hall–Kier alpha value is -1.10. The first kappa shape index (κ1) is 10.4.